The van der Waals surface area contributed by atoms with Crippen molar-refractivity contribution in [1.82, 2.24) is 19.7 Å². The third-order valence-corrected chi connectivity index (χ3v) is 6.14. The fourth-order valence-electron chi connectivity index (χ4n) is 3.21. The first-order chi connectivity index (χ1) is 15.5. The van der Waals surface area contributed by atoms with Crippen LogP contribution in [0.25, 0.3) is 17.1 Å². The van der Waals surface area contributed by atoms with Crippen LogP contribution in [0.5, 0.6) is 0 Å². The van der Waals surface area contributed by atoms with Crippen molar-refractivity contribution in [1.29, 1.82) is 0 Å². The molecule has 1 N–H and O–H groups in total. The van der Waals surface area contributed by atoms with Crippen LogP contribution in [0.3, 0.4) is 0 Å². The summed E-state index contributed by atoms with van der Waals surface area (Å²) in [5.74, 6) is 0.750. The lowest BCUT2D eigenvalue weighted by molar-refractivity contribution is -0.113. The summed E-state index contributed by atoms with van der Waals surface area (Å²) in [4.78, 5) is 16.7. The number of hydrogen-bond acceptors (Lipinski definition) is 5. The maximum atomic E-state index is 12.6. The number of amides is 1. The van der Waals surface area contributed by atoms with Crippen LogP contribution in [0.1, 0.15) is 18.1 Å². The standard InChI is InChI=1S/C24H22ClN5OS/c1-3-17-5-8-20(9-6-17)30-23(18-10-12-26-13-11-18)28-29-24(30)32-15-22(31)27-21-14-19(25)7-4-16(21)2/h4-14H,3,15H2,1-2H3,(H,27,31). The van der Waals surface area contributed by atoms with E-state index in [0.29, 0.717) is 21.7 Å². The highest BCUT2D eigenvalue weighted by Gasteiger charge is 2.17. The molecule has 0 spiro atoms. The van der Waals surface area contributed by atoms with Crippen LogP contribution in [0.15, 0.2) is 72.1 Å². The Labute approximate surface area is 196 Å². The molecule has 0 saturated heterocycles. The summed E-state index contributed by atoms with van der Waals surface area (Å²) in [6.07, 6.45) is 4.41. The second kappa shape index (κ2) is 9.97. The lowest BCUT2D eigenvalue weighted by Gasteiger charge is -2.12. The molecule has 162 valence electrons. The first-order valence-corrected chi connectivity index (χ1v) is 11.6. The van der Waals surface area contributed by atoms with Crippen molar-refractivity contribution in [3.63, 3.8) is 0 Å². The van der Waals surface area contributed by atoms with Crippen molar-refractivity contribution >= 4 is 35.0 Å². The molecule has 0 aliphatic heterocycles. The third-order valence-electron chi connectivity index (χ3n) is 4.98. The maximum absolute atomic E-state index is 12.6. The zero-order valence-electron chi connectivity index (χ0n) is 17.7. The number of nitrogens with zero attached hydrogens (tertiary/aromatic N) is 4. The highest BCUT2D eigenvalue weighted by molar-refractivity contribution is 7.99. The van der Waals surface area contributed by atoms with Gasteiger partial charge in [0.15, 0.2) is 11.0 Å². The summed E-state index contributed by atoms with van der Waals surface area (Å²) >= 11 is 7.40. The minimum absolute atomic E-state index is 0.137. The molecule has 1 amide bonds. The third kappa shape index (κ3) is 5.00. The van der Waals surface area contributed by atoms with Gasteiger partial charge in [-0.2, -0.15) is 0 Å². The number of thioether (sulfide) groups is 1. The van der Waals surface area contributed by atoms with Gasteiger partial charge in [0.1, 0.15) is 0 Å². The van der Waals surface area contributed by atoms with Crippen LogP contribution in [0.4, 0.5) is 5.69 Å². The minimum Gasteiger partial charge on any atom is -0.325 e. The molecule has 2 aromatic heterocycles. The Kier molecular flexibility index (Phi) is 6.87. The van der Waals surface area contributed by atoms with E-state index in [-0.39, 0.29) is 11.7 Å². The van der Waals surface area contributed by atoms with E-state index in [1.807, 2.05) is 41.8 Å². The molecule has 0 unspecified atom stereocenters. The average molecular weight is 464 g/mol. The number of nitrogens with one attached hydrogen (secondary N) is 1. The largest absolute Gasteiger partial charge is 0.325 e. The van der Waals surface area contributed by atoms with E-state index in [1.165, 1.54) is 17.3 Å². The van der Waals surface area contributed by atoms with Crippen molar-refractivity contribution in [3.05, 3.63) is 83.1 Å². The number of aromatic nitrogens is 4. The molecule has 2 heterocycles. The number of carbonyl (C=O) groups is 1. The lowest BCUT2D eigenvalue weighted by Crippen LogP contribution is -2.15. The second-order valence-corrected chi connectivity index (χ2v) is 8.57. The van der Waals surface area contributed by atoms with Gasteiger partial charge in [0.2, 0.25) is 5.91 Å². The van der Waals surface area contributed by atoms with Gasteiger partial charge in [0.05, 0.1) is 5.75 Å². The summed E-state index contributed by atoms with van der Waals surface area (Å²) in [7, 11) is 0. The number of anilines is 1. The van der Waals surface area contributed by atoms with Gasteiger partial charge in [0, 0.05) is 34.4 Å². The van der Waals surface area contributed by atoms with Crippen LogP contribution < -0.4 is 5.32 Å². The topological polar surface area (TPSA) is 72.7 Å². The monoisotopic (exact) mass is 463 g/mol. The van der Waals surface area contributed by atoms with Gasteiger partial charge in [-0.1, -0.05) is 48.5 Å². The Morgan fingerprint density at radius 3 is 2.53 bits per heavy atom. The van der Waals surface area contributed by atoms with E-state index in [2.05, 4.69) is 39.6 Å². The second-order valence-electron chi connectivity index (χ2n) is 7.19. The Bertz CT molecular complexity index is 1230. The van der Waals surface area contributed by atoms with Crippen molar-refractivity contribution in [2.24, 2.45) is 0 Å². The van der Waals surface area contributed by atoms with Crippen molar-refractivity contribution in [2.45, 2.75) is 25.4 Å². The van der Waals surface area contributed by atoms with Crippen LogP contribution in [-0.4, -0.2) is 31.4 Å². The molecule has 0 fully saturated rings. The molecule has 0 radical (unpaired) electrons. The summed E-state index contributed by atoms with van der Waals surface area (Å²) in [5, 5.41) is 12.9. The number of hydrogen-bond donors (Lipinski definition) is 1. The predicted molar refractivity (Wildman–Crippen MR) is 130 cm³/mol. The first-order valence-electron chi connectivity index (χ1n) is 10.2. The molecular formula is C24H22ClN5OS. The molecular weight excluding hydrogens is 442 g/mol. The van der Waals surface area contributed by atoms with Gasteiger partial charge in [-0.25, -0.2) is 0 Å². The molecule has 0 aliphatic rings. The average Bonchev–Trinajstić information content (AvgIpc) is 3.25. The normalized spacial score (nSPS) is 10.8. The Hall–Kier alpha value is -3.16. The Balaban J connectivity index is 1.60. The minimum atomic E-state index is -0.137. The molecule has 32 heavy (non-hydrogen) atoms. The quantitative estimate of drug-likeness (QED) is 0.362. The number of pyridine rings is 1. The van der Waals surface area contributed by atoms with E-state index in [0.717, 1.165) is 23.2 Å². The number of halogens is 1. The van der Waals surface area contributed by atoms with Crippen LogP contribution in [-0.2, 0) is 11.2 Å². The highest BCUT2D eigenvalue weighted by Crippen LogP contribution is 2.28. The van der Waals surface area contributed by atoms with Crippen molar-refractivity contribution < 1.29 is 4.79 Å². The fourth-order valence-corrected chi connectivity index (χ4v) is 4.13. The van der Waals surface area contributed by atoms with E-state index in [9.17, 15) is 4.79 Å². The van der Waals surface area contributed by atoms with Crippen LogP contribution in [0, 0.1) is 6.92 Å². The predicted octanol–water partition coefficient (Wildman–Crippen LogP) is 5.58. The number of aryl methyl sites for hydroxylation is 2. The Morgan fingerprint density at radius 1 is 1.06 bits per heavy atom. The number of benzene rings is 2. The molecule has 0 saturated carbocycles. The van der Waals surface area contributed by atoms with E-state index >= 15 is 0 Å². The summed E-state index contributed by atoms with van der Waals surface area (Å²) < 4.78 is 1.97. The first kappa shape index (κ1) is 22.0. The van der Waals surface area contributed by atoms with E-state index < -0.39 is 0 Å². The van der Waals surface area contributed by atoms with E-state index in [4.69, 9.17) is 11.6 Å². The molecule has 2 aromatic carbocycles. The van der Waals surface area contributed by atoms with E-state index in [1.54, 1.807) is 24.5 Å². The zero-order chi connectivity index (χ0) is 22.5. The molecule has 4 aromatic rings. The summed E-state index contributed by atoms with van der Waals surface area (Å²) in [6, 6.07) is 17.5. The lowest BCUT2D eigenvalue weighted by atomic mass is 10.1. The van der Waals surface area contributed by atoms with Crippen LogP contribution >= 0.6 is 23.4 Å². The summed E-state index contributed by atoms with van der Waals surface area (Å²) in [5.41, 5.74) is 4.74. The van der Waals surface area contributed by atoms with Gasteiger partial charge in [-0.05, 0) is 60.9 Å². The zero-order valence-corrected chi connectivity index (χ0v) is 19.3. The van der Waals surface area contributed by atoms with Crippen molar-refractivity contribution in [2.75, 3.05) is 11.1 Å². The van der Waals surface area contributed by atoms with Crippen molar-refractivity contribution in [3.8, 4) is 17.1 Å². The molecule has 4 rings (SSSR count). The number of carbonyl (C=O) groups excluding carboxylic acids is 1. The summed E-state index contributed by atoms with van der Waals surface area (Å²) in [6.45, 7) is 4.05. The molecule has 6 nitrogen and oxygen atoms in total. The van der Waals surface area contributed by atoms with Crippen LogP contribution in [0.2, 0.25) is 5.02 Å². The van der Waals surface area contributed by atoms with Gasteiger partial charge in [-0.3, -0.25) is 14.3 Å². The smallest absolute Gasteiger partial charge is 0.234 e. The number of rotatable bonds is 7. The molecule has 0 bridgehead atoms. The van der Waals surface area contributed by atoms with Gasteiger partial charge >= 0.3 is 0 Å². The highest BCUT2D eigenvalue weighted by atomic mass is 35.5. The molecule has 8 heteroatoms. The maximum Gasteiger partial charge on any atom is 0.234 e. The SMILES string of the molecule is CCc1ccc(-n2c(SCC(=O)Nc3cc(Cl)ccc3C)nnc2-c2ccncc2)cc1. The molecule has 0 aliphatic carbocycles. The Morgan fingerprint density at radius 2 is 1.81 bits per heavy atom. The fraction of sp³-hybridized carbons (Fsp3) is 0.167. The van der Waals surface area contributed by atoms with Gasteiger partial charge in [0.25, 0.3) is 0 Å². The van der Waals surface area contributed by atoms with Gasteiger partial charge < -0.3 is 5.32 Å². The molecule has 0 atom stereocenters. The van der Waals surface area contributed by atoms with Gasteiger partial charge in [-0.15, -0.1) is 10.2 Å².